The Hall–Kier alpha value is -2.70. The van der Waals surface area contributed by atoms with Gasteiger partial charge in [-0.3, -0.25) is 4.68 Å². The average molecular weight is 406 g/mol. The van der Waals surface area contributed by atoms with Gasteiger partial charge in [-0.2, -0.15) is 23.5 Å². The second-order valence-corrected chi connectivity index (χ2v) is 7.50. The molecule has 0 spiro atoms. The van der Waals surface area contributed by atoms with Gasteiger partial charge in [-0.05, 0) is 30.2 Å². The number of halogens is 4. The topological polar surface area (TPSA) is 53.6 Å². The molecule has 28 heavy (non-hydrogen) atoms. The van der Waals surface area contributed by atoms with Crippen LogP contribution in [0.25, 0.3) is 11.1 Å². The summed E-state index contributed by atoms with van der Waals surface area (Å²) >= 11 is 1.33. The lowest BCUT2D eigenvalue weighted by molar-refractivity contribution is -0.141. The van der Waals surface area contributed by atoms with Crippen LogP contribution in [0.4, 0.5) is 17.6 Å². The van der Waals surface area contributed by atoms with E-state index < -0.39 is 23.7 Å². The van der Waals surface area contributed by atoms with Gasteiger partial charge in [0.25, 0.3) is 0 Å². The fraction of sp³-hybridized carbons (Fsp3) is 0.263. The highest BCUT2D eigenvalue weighted by molar-refractivity contribution is 7.12. The number of hydrogen-bond acceptors (Lipinski definition) is 4. The Bertz CT molecular complexity index is 1090. The van der Waals surface area contributed by atoms with E-state index in [0.29, 0.717) is 17.0 Å². The molecule has 0 radical (unpaired) electrons. The summed E-state index contributed by atoms with van der Waals surface area (Å²) in [7, 11) is 0. The largest absolute Gasteiger partial charge is 0.435 e. The molecule has 0 amide bonds. The van der Waals surface area contributed by atoms with Crippen molar-refractivity contribution in [3.8, 4) is 17.2 Å². The standard InChI is InChI=1S/C19H14F4N4S/c1-2-27-9-13(18(26-27)19(21,22)23)16-11(4-3-5-14(16)20)17-12-6-10(7-24)28-15(12)8-25-17/h3-6,9,17,25H,2,8H2,1H3. The van der Waals surface area contributed by atoms with E-state index in [9.17, 15) is 17.6 Å². The number of thiophene rings is 1. The van der Waals surface area contributed by atoms with Crippen LogP contribution in [0.1, 0.15) is 39.5 Å². The Morgan fingerprint density at radius 1 is 1.36 bits per heavy atom. The number of hydrogen-bond donors (Lipinski definition) is 1. The molecule has 0 saturated heterocycles. The first-order valence-electron chi connectivity index (χ1n) is 8.53. The molecule has 3 aromatic rings. The van der Waals surface area contributed by atoms with Crippen LogP contribution in [-0.2, 0) is 19.3 Å². The molecule has 1 aliphatic heterocycles. The second-order valence-electron chi connectivity index (χ2n) is 6.36. The average Bonchev–Trinajstić information content (AvgIpc) is 3.34. The number of nitrogens with one attached hydrogen (secondary N) is 1. The maximum Gasteiger partial charge on any atom is 0.435 e. The minimum Gasteiger partial charge on any atom is -0.301 e. The summed E-state index contributed by atoms with van der Waals surface area (Å²) in [6.07, 6.45) is -3.48. The van der Waals surface area contributed by atoms with Gasteiger partial charge in [0.05, 0.1) is 6.04 Å². The van der Waals surface area contributed by atoms with Crippen LogP contribution in [0, 0.1) is 17.1 Å². The van der Waals surface area contributed by atoms with Crippen molar-refractivity contribution in [2.24, 2.45) is 0 Å². The van der Waals surface area contributed by atoms with Crippen LogP contribution in [-0.4, -0.2) is 9.78 Å². The summed E-state index contributed by atoms with van der Waals surface area (Å²) in [6.45, 7) is 2.37. The molecule has 1 unspecified atom stereocenters. The first-order valence-corrected chi connectivity index (χ1v) is 9.34. The second kappa shape index (κ2) is 6.72. The number of alkyl halides is 3. The van der Waals surface area contributed by atoms with E-state index >= 15 is 0 Å². The monoisotopic (exact) mass is 406 g/mol. The van der Waals surface area contributed by atoms with E-state index in [4.69, 9.17) is 5.26 Å². The SMILES string of the molecule is CCn1cc(-c2c(F)cccc2C2NCc3sc(C#N)cc32)c(C(F)(F)F)n1. The zero-order chi connectivity index (χ0) is 20.1. The highest BCUT2D eigenvalue weighted by Gasteiger charge is 2.39. The third-order valence-electron chi connectivity index (χ3n) is 4.71. The summed E-state index contributed by atoms with van der Waals surface area (Å²) in [4.78, 5) is 1.45. The molecule has 1 N–H and O–H groups in total. The molecule has 2 aromatic heterocycles. The number of fused-ring (bicyclic) bond motifs is 1. The van der Waals surface area contributed by atoms with Gasteiger partial charge in [0, 0.05) is 35.3 Å². The number of nitrogens with zero attached hydrogens (tertiary/aromatic N) is 3. The molecule has 0 bridgehead atoms. The third-order valence-corrected chi connectivity index (χ3v) is 5.77. The Morgan fingerprint density at radius 3 is 2.82 bits per heavy atom. The van der Waals surface area contributed by atoms with Gasteiger partial charge >= 0.3 is 6.18 Å². The summed E-state index contributed by atoms with van der Waals surface area (Å²) in [6, 6.07) is 7.52. The van der Waals surface area contributed by atoms with Gasteiger partial charge < -0.3 is 5.32 Å². The third kappa shape index (κ3) is 2.99. The first-order chi connectivity index (χ1) is 13.3. The van der Waals surface area contributed by atoms with Crippen LogP contribution in [0.15, 0.2) is 30.5 Å². The lowest BCUT2D eigenvalue weighted by atomic mass is 9.92. The Morgan fingerprint density at radius 2 is 2.14 bits per heavy atom. The van der Waals surface area contributed by atoms with Crippen LogP contribution in [0.2, 0.25) is 0 Å². The van der Waals surface area contributed by atoms with Crippen LogP contribution in [0.5, 0.6) is 0 Å². The van der Waals surface area contributed by atoms with Crippen molar-refractivity contribution in [2.75, 3.05) is 0 Å². The zero-order valence-electron chi connectivity index (χ0n) is 14.6. The number of nitriles is 1. The number of benzene rings is 1. The van der Waals surface area contributed by atoms with Gasteiger partial charge in [0.1, 0.15) is 16.8 Å². The van der Waals surface area contributed by atoms with Gasteiger partial charge in [-0.15, -0.1) is 11.3 Å². The molecule has 3 heterocycles. The molecule has 4 nitrogen and oxygen atoms in total. The van der Waals surface area contributed by atoms with Crippen molar-refractivity contribution in [1.82, 2.24) is 15.1 Å². The molecule has 0 fully saturated rings. The molecular formula is C19H14F4N4S. The Labute approximate surface area is 162 Å². The Balaban J connectivity index is 1.92. The molecular weight excluding hydrogens is 392 g/mol. The summed E-state index contributed by atoms with van der Waals surface area (Å²) in [5.74, 6) is -0.746. The molecule has 1 aliphatic rings. The van der Waals surface area contributed by atoms with Crippen LogP contribution >= 0.6 is 11.3 Å². The van der Waals surface area contributed by atoms with Crippen molar-refractivity contribution in [2.45, 2.75) is 32.2 Å². The lowest BCUT2D eigenvalue weighted by Gasteiger charge is -2.18. The van der Waals surface area contributed by atoms with E-state index in [2.05, 4.69) is 16.5 Å². The predicted octanol–water partition coefficient (Wildman–Crippen LogP) is 4.85. The van der Waals surface area contributed by atoms with Gasteiger partial charge in [-0.25, -0.2) is 4.39 Å². The fourth-order valence-electron chi connectivity index (χ4n) is 3.50. The summed E-state index contributed by atoms with van der Waals surface area (Å²) in [5.41, 5.74) is -0.327. The predicted molar refractivity (Wildman–Crippen MR) is 96.0 cm³/mol. The zero-order valence-corrected chi connectivity index (χ0v) is 15.5. The molecule has 9 heteroatoms. The molecule has 144 valence electrons. The van der Waals surface area contributed by atoms with Gasteiger partial charge in [-0.1, -0.05) is 12.1 Å². The van der Waals surface area contributed by atoms with E-state index in [0.717, 1.165) is 21.2 Å². The molecule has 0 saturated carbocycles. The number of aromatic nitrogens is 2. The van der Waals surface area contributed by atoms with Crippen LogP contribution < -0.4 is 5.32 Å². The number of aryl methyl sites for hydroxylation is 1. The summed E-state index contributed by atoms with van der Waals surface area (Å²) in [5, 5.41) is 16.0. The highest BCUT2D eigenvalue weighted by atomic mass is 32.1. The van der Waals surface area contributed by atoms with Crippen molar-refractivity contribution >= 4 is 11.3 Å². The van der Waals surface area contributed by atoms with Crippen molar-refractivity contribution in [3.63, 3.8) is 0 Å². The van der Waals surface area contributed by atoms with E-state index in [1.807, 2.05) is 0 Å². The maximum atomic E-state index is 14.8. The minimum atomic E-state index is -4.71. The smallest absolute Gasteiger partial charge is 0.301 e. The molecule has 0 aliphatic carbocycles. The molecule has 1 atom stereocenters. The normalized spacial score (nSPS) is 16.2. The number of rotatable bonds is 3. The van der Waals surface area contributed by atoms with Gasteiger partial charge in [0.15, 0.2) is 5.69 Å². The first kappa shape index (κ1) is 18.7. The van der Waals surface area contributed by atoms with Crippen LogP contribution in [0.3, 0.4) is 0 Å². The molecule has 1 aromatic carbocycles. The minimum absolute atomic E-state index is 0.121. The summed E-state index contributed by atoms with van der Waals surface area (Å²) < 4.78 is 56.7. The fourth-order valence-corrected chi connectivity index (χ4v) is 4.45. The highest BCUT2D eigenvalue weighted by Crippen LogP contribution is 2.44. The van der Waals surface area contributed by atoms with Crippen molar-refractivity contribution in [3.05, 3.63) is 62.9 Å². The van der Waals surface area contributed by atoms with E-state index in [-0.39, 0.29) is 17.7 Å². The van der Waals surface area contributed by atoms with E-state index in [1.54, 1.807) is 19.1 Å². The van der Waals surface area contributed by atoms with E-state index in [1.165, 1.54) is 23.6 Å². The maximum absolute atomic E-state index is 14.8. The lowest BCUT2D eigenvalue weighted by Crippen LogP contribution is -2.16. The Kier molecular flexibility index (Phi) is 4.48. The van der Waals surface area contributed by atoms with Crippen molar-refractivity contribution in [1.29, 1.82) is 5.26 Å². The van der Waals surface area contributed by atoms with Crippen molar-refractivity contribution < 1.29 is 17.6 Å². The molecule has 4 rings (SSSR count). The van der Waals surface area contributed by atoms with Gasteiger partial charge in [0.2, 0.25) is 0 Å². The quantitative estimate of drug-likeness (QED) is 0.633.